The molecule has 1 aromatic heterocycles. The quantitative estimate of drug-likeness (QED) is 0.729. The first-order valence-corrected chi connectivity index (χ1v) is 5.08. The van der Waals surface area contributed by atoms with Gasteiger partial charge in [0, 0.05) is 19.8 Å². The zero-order valence-corrected chi connectivity index (χ0v) is 9.10. The molecule has 5 heteroatoms. The van der Waals surface area contributed by atoms with Crippen LogP contribution in [0.15, 0.2) is 12.3 Å². The van der Waals surface area contributed by atoms with Gasteiger partial charge in [-0.3, -0.25) is 14.8 Å². The maximum absolute atomic E-state index is 10.8. The van der Waals surface area contributed by atoms with E-state index < -0.39 is 12.0 Å². The van der Waals surface area contributed by atoms with Crippen LogP contribution in [-0.4, -0.2) is 26.9 Å². The van der Waals surface area contributed by atoms with Crippen LogP contribution < -0.4 is 5.32 Å². The fourth-order valence-electron chi connectivity index (χ4n) is 1.39. The van der Waals surface area contributed by atoms with Crippen molar-refractivity contribution in [1.82, 2.24) is 15.1 Å². The second kappa shape index (κ2) is 5.50. The molecule has 0 saturated heterocycles. The first-order valence-electron chi connectivity index (χ1n) is 5.08. The highest BCUT2D eigenvalue weighted by atomic mass is 16.4. The molecule has 1 aromatic rings. The molecule has 1 unspecified atom stereocenters. The van der Waals surface area contributed by atoms with Crippen molar-refractivity contribution >= 4 is 5.97 Å². The van der Waals surface area contributed by atoms with Gasteiger partial charge in [-0.05, 0) is 12.5 Å². The Hall–Kier alpha value is -1.36. The van der Waals surface area contributed by atoms with Crippen molar-refractivity contribution in [2.45, 2.75) is 32.4 Å². The number of aromatic nitrogens is 2. The van der Waals surface area contributed by atoms with Crippen molar-refractivity contribution < 1.29 is 9.90 Å². The van der Waals surface area contributed by atoms with Crippen molar-refractivity contribution in [3.05, 3.63) is 18.0 Å². The third-order valence-electron chi connectivity index (χ3n) is 2.17. The van der Waals surface area contributed by atoms with Crippen LogP contribution in [0.4, 0.5) is 0 Å². The Morgan fingerprint density at radius 3 is 2.93 bits per heavy atom. The lowest BCUT2D eigenvalue weighted by atomic mass is 10.1. The molecule has 1 heterocycles. The van der Waals surface area contributed by atoms with Crippen LogP contribution in [0.2, 0.25) is 0 Å². The maximum atomic E-state index is 10.8. The summed E-state index contributed by atoms with van der Waals surface area (Å²) in [7, 11) is 1.84. The predicted octanol–water partition coefficient (Wildman–Crippen LogP) is 0.763. The van der Waals surface area contributed by atoms with Crippen molar-refractivity contribution in [1.29, 1.82) is 0 Å². The molecule has 0 fully saturated rings. The summed E-state index contributed by atoms with van der Waals surface area (Å²) in [5.41, 5.74) is 0.861. The Morgan fingerprint density at radius 1 is 1.73 bits per heavy atom. The zero-order chi connectivity index (χ0) is 11.3. The molecule has 0 aromatic carbocycles. The minimum absolute atomic E-state index is 0.475. The number of carbonyl (C=O) groups is 1. The first kappa shape index (κ1) is 11.7. The second-order valence-corrected chi connectivity index (χ2v) is 3.54. The largest absolute Gasteiger partial charge is 0.480 e. The van der Waals surface area contributed by atoms with Crippen molar-refractivity contribution in [2.75, 3.05) is 0 Å². The topological polar surface area (TPSA) is 67.2 Å². The second-order valence-electron chi connectivity index (χ2n) is 3.54. The molecular weight excluding hydrogens is 194 g/mol. The number of hydrogen-bond donors (Lipinski definition) is 2. The summed E-state index contributed by atoms with van der Waals surface area (Å²) in [6, 6.07) is 1.40. The summed E-state index contributed by atoms with van der Waals surface area (Å²) in [5.74, 6) is -0.798. The van der Waals surface area contributed by atoms with Gasteiger partial charge in [0.05, 0.1) is 5.69 Å². The molecule has 0 bridgehead atoms. The van der Waals surface area contributed by atoms with E-state index in [1.807, 2.05) is 26.2 Å². The fraction of sp³-hybridized carbons (Fsp3) is 0.600. The van der Waals surface area contributed by atoms with Gasteiger partial charge in [-0.1, -0.05) is 13.3 Å². The van der Waals surface area contributed by atoms with Gasteiger partial charge in [0.25, 0.3) is 0 Å². The van der Waals surface area contributed by atoms with Crippen LogP contribution >= 0.6 is 0 Å². The molecule has 84 valence electrons. The molecule has 2 N–H and O–H groups in total. The third-order valence-corrected chi connectivity index (χ3v) is 2.17. The molecular formula is C10H17N3O2. The maximum Gasteiger partial charge on any atom is 0.320 e. The Morgan fingerprint density at radius 2 is 2.47 bits per heavy atom. The average Bonchev–Trinajstić information content (AvgIpc) is 2.58. The Labute approximate surface area is 89.1 Å². The number of hydrogen-bond acceptors (Lipinski definition) is 3. The van der Waals surface area contributed by atoms with Gasteiger partial charge in [-0.2, -0.15) is 5.10 Å². The molecule has 5 nitrogen and oxygen atoms in total. The van der Waals surface area contributed by atoms with Gasteiger partial charge in [-0.25, -0.2) is 0 Å². The smallest absolute Gasteiger partial charge is 0.320 e. The van der Waals surface area contributed by atoms with Crippen molar-refractivity contribution in [2.24, 2.45) is 7.05 Å². The molecule has 0 aliphatic heterocycles. The van der Waals surface area contributed by atoms with Crippen LogP contribution in [0.5, 0.6) is 0 Å². The van der Waals surface area contributed by atoms with E-state index in [1.54, 1.807) is 4.68 Å². The standard InChI is InChI=1S/C10H17N3O2/c1-3-4-9(10(14)15)11-7-8-5-6-13(2)12-8/h5-6,9,11H,3-4,7H2,1-2H3,(H,14,15). The van der Waals surface area contributed by atoms with E-state index in [0.29, 0.717) is 13.0 Å². The van der Waals surface area contributed by atoms with Crippen LogP contribution in [0.1, 0.15) is 25.5 Å². The highest BCUT2D eigenvalue weighted by molar-refractivity contribution is 5.73. The lowest BCUT2D eigenvalue weighted by molar-refractivity contribution is -0.139. The number of rotatable bonds is 6. The summed E-state index contributed by atoms with van der Waals surface area (Å²) in [4.78, 5) is 10.8. The Balaban J connectivity index is 2.43. The summed E-state index contributed by atoms with van der Waals surface area (Å²) < 4.78 is 1.70. The number of carboxylic acids is 1. The number of carboxylic acid groups (broad SMARTS) is 1. The molecule has 0 aliphatic rings. The predicted molar refractivity (Wildman–Crippen MR) is 56.4 cm³/mol. The van der Waals surface area contributed by atoms with Crippen LogP contribution in [0.25, 0.3) is 0 Å². The van der Waals surface area contributed by atoms with Gasteiger partial charge in [0.2, 0.25) is 0 Å². The Bertz CT molecular complexity index is 322. The van der Waals surface area contributed by atoms with Gasteiger partial charge >= 0.3 is 5.97 Å². The number of nitrogens with zero attached hydrogens (tertiary/aromatic N) is 2. The van der Waals surface area contributed by atoms with Gasteiger partial charge in [0.1, 0.15) is 6.04 Å². The van der Waals surface area contributed by atoms with E-state index in [0.717, 1.165) is 12.1 Å². The zero-order valence-electron chi connectivity index (χ0n) is 9.10. The average molecular weight is 211 g/mol. The highest BCUT2D eigenvalue weighted by Crippen LogP contribution is 1.99. The first-order chi connectivity index (χ1) is 7.13. The number of nitrogens with one attached hydrogen (secondary N) is 1. The SMILES string of the molecule is CCCC(NCc1ccn(C)n1)C(=O)O. The minimum Gasteiger partial charge on any atom is -0.480 e. The van der Waals surface area contributed by atoms with E-state index in [1.165, 1.54) is 0 Å². The summed E-state index contributed by atoms with van der Waals surface area (Å²) in [6.45, 7) is 2.47. The molecule has 0 spiro atoms. The van der Waals surface area contributed by atoms with Crippen molar-refractivity contribution in [3.63, 3.8) is 0 Å². The summed E-state index contributed by atoms with van der Waals surface area (Å²) in [5, 5.41) is 16.0. The fourth-order valence-corrected chi connectivity index (χ4v) is 1.39. The van der Waals surface area contributed by atoms with Gasteiger partial charge < -0.3 is 5.11 Å². The third kappa shape index (κ3) is 3.71. The number of aryl methyl sites for hydroxylation is 1. The van der Waals surface area contributed by atoms with E-state index in [-0.39, 0.29) is 0 Å². The van der Waals surface area contributed by atoms with Crippen LogP contribution in [0.3, 0.4) is 0 Å². The molecule has 0 amide bonds. The lowest BCUT2D eigenvalue weighted by Gasteiger charge is -2.11. The lowest BCUT2D eigenvalue weighted by Crippen LogP contribution is -2.36. The van der Waals surface area contributed by atoms with Gasteiger partial charge in [-0.15, -0.1) is 0 Å². The number of aliphatic carboxylic acids is 1. The van der Waals surface area contributed by atoms with Crippen molar-refractivity contribution in [3.8, 4) is 0 Å². The van der Waals surface area contributed by atoms with E-state index in [2.05, 4.69) is 10.4 Å². The molecule has 1 rings (SSSR count). The van der Waals surface area contributed by atoms with E-state index in [9.17, 15) is 4.79 Å². The normalized spacial score (nSPS) is 12.7. The van der Waals surface area contributed by atoms with Crippen LogP contribution in [0, 0.1) is 0 Å². The molecule has 15 heavy (non-hydrogen) atoms. The highest BCUT2D eigenvalue weighted by Gasteiger charge is 2.15. The van der Waals surface area contributed by atoms with Crippen LogP contribution in [-0.2, 0) is 18.4 Å². The van der Waals surface area contributed by atoms with Gasteiger partial charge in [0.15, 0.2) is 0 Å². The summed E-state index contributed by atoms with van der Waals surface area (Å²) in [6.07, 6.45) is 3.33. The molecule has 0 aliphatic carbocycles. The summed E-state index contributed by atoms with van der Waals surface area (Å²) >= 11 is 0. The molecule has 1 atom stereocenters. The van der Waals surface area contributed by atoms with E-state index in [4.69, 9.17) is 5.11 Å². The molecule has 0 saturated carbocycles. The molecule has 0 radical (unpaired) electrons. The minimum atomic E-state index is -0.798. The van der Waals surface area contributed by atoms with E-state index >= 15 is 0 Å². The monoisotopic (exact) mass is 211 g/mol. The Kier molecular flexibility index (Phi) is 4.30.